The van der Waals surface area contributed by atoms with Crippen molar-refractivity contribution in [1.29, 1.82) is 0 Å². The average molecular weight is 193 g/mol. The van der Waals surface area contributed by atoms with Crippen molar-refractivity contribution < 1.29 is 9.18 Å². The van der Waals surface area contributed by atoms with Gasteiger partial charge in [0.1, 0.15) is 12.1 Å². The van der Waals surface area contributed by atoms with Gasteiger partial charge < -0.3 is 5.32 Å². The summed E-state index contributed by atoms with van der Waals surface area (Å²) in [5.74, 6) is -0.278. The van der Waals surface area contributed by atoms with E-state index in [1.807, 2.05) is 0 Å². The number of aldehydes is 1. The molecular weight excluding hydrogens is 181 g/mol. The van der Waals surface area contributed by atoms with Gasteiger partial charge in [-0.1, -0.05) is 0 Å². The van der Waals surface area contributed by atoms with Crippen molar-refractivity contribution >= 4 is 6.29 Å². The van der Waals surface area contributed by atoms with Crippen LogP contribution in [0.2, 0.25) is 0 Å². The fraction of sp³-hybridized carbons (Fsp3) is 0.364. The first-order valence-corrected chi connectivity index (χ1v) is 4.79. The lowest BCUT2D eigenvalue weighted by molar-refractivity contribution is 0.112. The molecule has 2 nitrogen and oxygen atoms in total. The number of carbonyl (C=O) groups is 1. The normalized spacial score (nSPS) is 21.1. The van der Waals surface area contributed by atoms with Crippen LogP contribution < -0.4 is 5.32 Å². The van der Waals surface area contributed by atoms with Crippen LogP contribution >= 0.6 is 0 Å². The Bertz CT molecular complexity index is 345. The summed E-state index contributed by atoms with van der Waals surface area (Å²) in [5, 5.41) is 3.25. The van der Waals surface area contributed by atoms with Gasteiger partial charge in [-0.15, -0.1) is 0 Å². The minimum Gasteiger partial charge on any atom is -0.310 e. The van der Waals surface area contributed by atoms with Gasteiger partial charge in [-0.25, -0.2) is 4.39 Å². The third-order valence-corrected chi connectivity index (χ3v) is 2.61. The van der Waals surface area contributed by atoms with Gasteiger partial charge in [0, 0.05) is 11.6 Å². The monoisotopic (exact) mass is 193 g/mol. The average Bonchev–Trinajstić information content (AvgIpc) is 2.70. The Morgan fingerprint density at radius 3 is 3.00 bits per heavy atom. The van der Waals surface area contributed by atoms with Gasteiger partial charge in [-0.2, -0.15) is 0 Å². The van der Waals surface area contributed by atoms with Gasteiger partial charge in [0.05, 0.1) is 0 Å². The third-order valence-electron chi connectivity index (χ3n) is 2.61. The molecule has 1 aromatic carbocycles. The van der Waals surface area contributed by atoms with E-state index in [1.54, 1.807) is 0 Å². The Balaban J connectivity index is 2.37. The minimum atomic E-state index is -0.278. The van der Waals surface area contributed by atoms with Crippen molar-refractivity contribution in [2.45, 2.75) is 18.9 Å². The van der Waals surface area contributed by atoms with Crippen LogP contribution in [0.25, 0.3) is 0 Å². The van der Waals surface area contributed by atoms with Crippen molar-refractivity contribution in [2.75, 3.05) is 6.54 Å². The summed E-state index contributed by atoms with van der Waals surface area (Å²) in [4.78, 5) is 10.7. The Morgan fingerprint density at radius 1 is 1.50 bits per heavy atom. The summed E-state index contributed by atoms with van der Waals surface area (Å²) in [6, 6.07) is 4.46. The first-order chi connectivity index (χ1) is 6.81. The van der Waals surface area contributed by atoms with Crippen LogP contribution in [0.5, 0.6) is 0 Å². The van der Waals surface area contributed by atoms with Gasteiger partial charge in [0.15, 0.2) is 0 Å². The molecule has 0 saturated carbocycles. The van der Waals surface area contributed by atoms with Gasteiger partial charge in [-0.05, 0) is 43.1 Å². The Kier molecular flexibility index (Phi) is 2.59. The highest BCUT2D eigenvalue weighted by molar-refractivity contribution is 5.77. The van der Waals surface area contributed by atoms with E-state index in [0.29, 0.717) is 5.56 Å². The predicted molar refractivity (Wildman–Crippen MR) is 51.8 cm³/mol. The predicted octanol–water partition coefficient (Wildman–Crippen LogP) is 2.06. The molecule has 1 saturated heterocycles. The van der Waals surface area contributed by atoms with Crippen molar-refractivity contribution in [2.24, 2.45) is 0 Å². The standard InChI is InChI=1S/C11H12FNO/c12-9-4-3-8(7-14)10(6-9)11-2-1-5-13-11/h3-4,6-7,11,13H,1-2,5H2. The quantitative estimate of drug-likeness (QED) is 0.728. The van der Waals surface area contributed by atoms with E-state index in [4.69, 9.17) is 0 Å². The second-order valence-corrected chi connectivity index (χ2v) is 3.54. The van der Waals surface area contributed by atoms with E-state index >= 15 is 0 Å². The van der Waals surface area contributed by atoms with E-state index in [9.17, 15) is 9.18 Å². The maximum atomic E-state index is 13.0. The van der Waals surface area contributed by atoms with Crippen LogP contribution in [-0.2, 0) is 0 Å². The molecule has 1 N–H and O–H groups in total. The SMILES string of the molecule is O=Cc1ccc(F)cc1C1CCCN1. The maximum absolute atomic E-state index is 13.0. The van der Waals surface area contributed by atoms with Gasteiger partial charge in [0.25, 0.3) is 0 Å². The first kappa shape index (κ1) is 9.34. The molecule has 0 spiro atoms. The lowest BCUT2D eigenvalue weighted by atomic mass is 10.00. The van der Waals surface area contributed by atoms with Crippen LogP contribution in [0.4, 0.5) is 4.39 Å². The van der Waals surface area contributed by atoms with Crippen LogP contribution in [-0.4, -0.2) is 12.8 Å². The molecule has 0 bridgehead atoms. The molecule has 1 heterocycles. The van der Waals surface area contributed by atoms with E-state index < -0.39 is 0 Å². The fourth-order valence-corrected chi connectivity index (χ4v) is 1.90. The molecule has 1 unspecified atom stereocenters. The van der Waals surface area contributed by atoms with Gasteiger partial charge in [-0.3, -0.25) is 4.79 Å². The molecular formula is C11H12FNO. The summed E-state index contributed by atoms with van der Waals surface area (Å²) in [5.41, 5.74) is 1.38. The molecule has 74 valence electrons. The molecule has 0 aliphatic carbocycles. The first-order valence-electron chi connectivity index (χ1n) is 4.79. The zero-order valence-corrected chi connectivity index (χ0v) is 7.79. The summed E-state index contributed by atoms with van der Waals surface area (Å²) >= 11 is 0. The summed E-state index contributed by atoms with van der Waals surface area (Å²) < 4.78 is 13.0. The number of halogens is 1. The molecule has 1 aromatic rings. The van der Waals surface area contributed by atoms with E-state index in [1.165, 1.54) is 18.2 Å². The minimum absolute atomic E-state index is 0.144. The van der Waals surface area contributed by atoms with Gasteiger partial charge >= 0.3 is 0 Å². The highest BCUT2D eigenvalue weighted by Crippen LogP contribution is 2.25. The summed E-state index contributed by atoms with van der Waals surface area (Å²) in [6.07, 6.45) is 2.85. The number of hydrogen-bond donors (Lipinski definition) is 1. The van der Waals surface area contributed by atoms with Crippen molar-refractivity contribution in [1.82, 2.24) is 5.32 Å². The molecule has 1 atom stereocenters. The highest BCUT2D eigenvalue weighted by Gasteiger charge is 2.19. The van der Waals surface area contributed by atoms with E-state index in [2.05, 4.69) is 5.32 Å². The smallest absolute Gasteiger partial charge is 0.150 e. The highest BCUT2D eigenvalue weighted by atomic mass is 19.1. The number of nitrogens with one attached hydrogen (secondary N) is 1. The van der Waals surface area contributed by atoms with Crippen LogP contribution in [0.15, 0.2) is 18.2 Å². The Hall–Kier alpha value is -1.22. The Labute approximate surface area is 82.1 Å². The van der Waals surface area contributed by atoms with Crippen molar-refractivity contribution in [3.63, 3.8) is 0 Å². The molecule has 14 heavy (non-hydrogen) atoms. The largest absolute Gasteiger partial charge is 0.310 e. The fourth-order valence-electron chi connectivity index (χ4n) is 1.90. The van der Waals surface area contributed by atoms with Crippen LogP contribution in [0, 0.1) is 5.82 Å². The lowest BCUT2D eigenvalue weighted by Gasteiger charge is -2.12. The third kappa shape index (κ3) is 1.68. The van der Waals surface area contributed by atoms with Crippen molar-refractivity contribution in [3.8, 4) is 0 Å². The van der Waals surface area contributed by atoms with E-state index in [-0.39, 0.29) is 11.9 Å². The van der Waals surface area contributed by atoms with Crippen LogP contribution in [0.3, 0.4) is 0 Å². The molecule has 0 radical (unpaired) electrons. The number of hydrogen-bond acceptors (Lipinski definition) is 2. The molecule has 1 aliphatic rings. The maximum Gasteiger partial charge on any atom is 0.150 e. The number of carbonyl (C=O) groups excluding carboxylic acids is 1. The molecule has 1 fully saturated rings. The summed E-state index contributed by atoms with van der Waals surface area (Å²) in [7, 11) is 0. The second-order valence-electron chi connectivity index (χ2n) is 3.54. The zero-order chi connectivity index (χ0) is 9.97. The zero-order valence-electron chi connectivity index (χ0n) is 7.79. The molecule has 2 rings (SSSR count). The number of benzene rings is 1. The summed E-state index contributed by atoms with van der Waals surface area (Å²) in [6.45, 7) is 0.944. The number of rotatable bonds is 2. The molecule has 3 heteroatoms. The topological polar surface area (TPSA) is 29.1 Å². The molecule has 0 aromatic heterocycles. The van der Waals surface area contributed by atoms with Crippen molar-refractivity contribution in [3.05, 3.63) is 35.1 Å². The van der Waals surface area contributed by atoms with Gasteiger partial charge in [0.2, 0.25) is 0 Å². The Morgan fingerprint density at radius 2 is 2.36 bits per heavy atom. The van der Waals surface area contributed by atoms with E-state index in [0.717, 1.165) is 31.2 Å². The van der Waals surface area contributed by atoms with Crippen LogP contribution in [0.1, 0.15) is 34.8 Å². The second kappa shape index (κ2) is 3.88. The molecule has 1 aliphatic heterocycles. The lowest BCUT2D eigenvalue weighted by Crippen LogP contribution is -2.14. The molecule has 0 amide bonds.